The molecule has 0 saturated heterocycles. The zero-order valence-corrected chi connectivity index (χ0v) is 11.6. The number of hydrogen-bond donors (Lipinski definition) is 0. The van der Waals surface area contributed by atoms with Gasteiger partial charge in [-0.2, -0.15) is 0 Å². The maximum absolute atomic E-state index is 6.15. The molecule has 3 rings (SSSR count). The molecule has 0 unspecified atom stereocenters. The summed E-state index contributed by atoms with van der Waals surface area (Å²) in [5.41, 5.74) is 2.50. The minimum Gasteiger partial charge on any atom is -0.335 e. The summed E-state index contributed by atoms with van der Waals surface area (Å²) >= 11 is 6.15. The molecule has 0 radical (unpaired) electrons. The fourth-order valence-electron chi connectivity index (χ4n) is 2.67. The van der Waals surface area contributed by atoms with Crippen LogP contribution in [0.1, 0.15) is 20.8 Å². The second kappa shape index (κ2) is 3.76. The van der Waals surface area contributed by atoms with Gasteiger partial charge in [-0.15, -0.1) is 0 Å². The van der Waals surface area contributed by atoms with Crippen molar-refractivity contribution in [3.8, 4) is 0 Å². The van der Waals surface area contributed by atoms with Gasteiger partial charge in [-0.1, -0.05) is 35.9 Å². The third kappa shape index (κ3) is 1.62. The molecular formula is C16H16ClN. The first-order chi connectivity index (χ1) is 8.48. The van der Waals surface area contributed by atoms with Crippen LogP contribution in [-0.2, 0) is 5.54 Å². The van der Waals surface area contributed by atoms with Crippen LogP contribution < -0.4 is 0 Å². The van der Waals surface area contributed by atoms with Crippen molar-refractivity contribution in [2.24, 2.45) is 0 Å². The number of hydrogen-bond acceptors (Lipinski definition) is 0. The van der Waals surface area contributed by atoms with Gasteiger partial charge in [0.25, 0.3) is 0 Å². The first-order valence-electron chi connectivity index (χ1n) is 6.18. The van der Waals surface area contributed by atoms with Crippen LogP contribution in [0.25, 0.3) is 21.8 Å². The first-order valence-corrected chi connectivity index (χ1v) is 6.55. The van der Waals surface area contributed by atoms with Crippen molar-refractivity contribution < 1.29 is 0 Å². The average molecular weight is 258 g/mol. The summed E-state index contributed by atoms with van der Waals surface area (Å²) in [5, 5.41) is 3.35. The van der Waals surface area contributed by atoms with E-state index in [2.05, 4.69) is 61.7 Å². The van der Waals surface area contributed by atoms with Crippen molar-refractivity contribution >= 4 is 33.4 Å². The van der Waals surface area contributed by atoms with Crippen molar-refractivity contribution in [2.45, 2.75) is 26.3 Å². The van der Waals surface area contributed by atoms with Gasteiger partial charge in [-0.3, -0.25) is 0 Å². The van der Waals surface area contributed by atoms with Crippen LogP contribution in [0, 0.1) is 0 Å². The summed E-state index contributed by atoms with van der Waals surface area (Å²) in [4.78, 5) is 0. The van der Waals surface area contributed by atoms with Crippen LogP contribution in [0.2, 0.25) is 5.02 Å². The molecule has 0 amide bonds. The fraction of sp³-hybridized carbons (Fsp3) is 0.250. The maximum Gasteiger partial charge on any atom is 0.0511 e. The molecule has 1 heterocycles. The van der Waals surface area contributed by atoms with Crippen molar-refractivity contribution in [3.05, 3.63) is 47.5 Å². The van der Waals surface area contributed by atoms with E-state index in [1.807, 2.05) is 6.07 Å². The summed E-state index contributed by atoms with van der Waals surface area (Å²) in [6, 6.07) is 14.7. The second-order valence-electron chi connectivity index (χ2n) is 5.68. The highest BCUT2D eigenvalue weighted by atomic mass is 35.5. The Labute approximate surface area is 112 Å². The Morgan fingerprint density at radius 1 is 0.889 bits per heavy atom. The molecule has 0 aliphatic heterocycles. The molecule has 18 heavy (non-hydrogen) atoms. The minimum absolute atomic E-state index is 0.0338. The van der Waals surface area contributed by atoms with E-state index in [1.165, 1.54) is 21.8 Å². The van der Waals surface area contributed by atoms with Crippen molar-refractivity contribution in [1.29, 1.82) is 0 Å². The molecule has 0 aliphatic carbocycles. The molecule has 0 aliphatic rings. The van der Waals surface area contributed by atoms with Gasteiger partial charge in [0, 0.05) is 26.9 Å². The molecule has 1 aromatic heterocycles. The average Bonchev–Trinajstić information content (AvgIpc) is 2.61. The molecule has 0 bridgehead atoms. The lowest BCUT2D eigenvalue weighted by Crippen LogP contribution is -2.21. The lowest BCUT2D eigenvalue weighted by molar-refractivity contribution is 0.423. The molecule has 1 nitrogen and oxygen atoms in total. The number of benzene rings is 2. The third-order valence-corrected chi connectivity index (χ3v) is 3.54. The molecule has 0 N–H and O–H groups in total. The van der Waals surface area contributed by atoms with Gasteiger partial charge < -0.3 is 4.57 Å². The zero-order valence-electron chi connectivity index (χ0n) is 10.9. The van der Waals surface area contributed by atoms with Gasteiger partial charge in [0.05, 0.1) is 5.52 Å². The Hall–Kier alpha value is -1.47. The number of nitrogens with zero attached hydrogens (tertiary/aromatic N) is 1. The van der Waals surface area contributed by atoms with Gasteiger partial charge in [-0.25, -0.2) is 0 Å². The van der Waals surface area contributed by atoms with Crippen LogP contribution >= 0.6 is 11.6 Å². The summed E-state index contributed by atoms with van der Waals surface area (Å²) in [6.07, 6.45) is 0. The van der Waals surface area contributed by atoms with E-state index in [0.717, 1.165) is 5.02 Å². The first kappa shape index (κ1) is 11.6. The van der Waals surface area contributed by atoms with E-state index in [4.69, 9.17) is 11.6 Å². The Kier molecular flexibility index (Phi) is 2.43. The highest BCUT2D eigenvalue weighted by Gasteiger charge is 2.20. The topological polar surface area (TPSA) is 4.93 Å². The summed E-state index contributed by atoms with van der Waals surface area (Å²) < 4.78 is 2.36. The van der Waals surface area contributed by atoms with Crippen LogP contribution in [0.3, 0.4) is 0 Å². The number of halogens is 1. The van der Waals surface area contributed by atoms with Crippen molar-refractivity contribution in [1.82, 2.24) is 4.57 Å². The van der Waals surface area contributed by atoms with E-state index in [0.29, 0.717) is 0 Å². The quantitative estimate of drug-likeness (QED) is 0.521. The standard InChI is InChI=1S/C16H16ClN/c1-16(2,3)18-14-7-5-4-6-12(14)13-9-8-11(17)10-15(13)18/h4-10H,1-3H3. The van der Waals surface area contributed by atoms with E-state index >= 15 is 0 Å². The molecule has 0 fully saturated rings. The van der Waals surface area contributed by atoms with Gasteiger partial charge in [0.15, 0.2) is 0 Å². The van der Waals surface area contributed by atoms with Gasteiger partial charge in [-0.05, 0) is 39.0 Å². The van der Waals surface area contributed by atoms with Crippen LogP contribution in [0.5, 0.6) is 0 Å². The molecule has 2 heteroatoms. The number of para-hydroxylation sites is 1. The highest BCUT2D eigenvalue weighted by molar-refractivity contribution is 6.31. The lowest BCUT2D eigenvalue weighted by Gasteiger charge is -2.24. The number of fused-ring (bicyclic) bond motifs is 3. The Balaban J connectivity index is 2.59. The van der Waals surface area contributed by atoms with Gasteiger partial charge >= 0.3 is 0 Å². The smallest absolute Gasteiger partial charge is 0.0511 e. The molecule has 92 valence electrons. The summed E-state index contributed by atoms with van der Waals surface area (Å²) in [7, 11) is 0. The molecular weight excluding hydrogens is 242 g/mol. The van der Waals surface area contributed by atoms with Crippen LogP contribution in [0.4, 0.5) is 0 Å². The van der Waals surface area contributed by atoms with E-state index in [-0.39, 0.29) is 5.54 Å². The monoisotopic (exact) mass is 257 g/mol. The molecule has 0 saturated carbocycles. The Morgan fingerprint density at radius 2 is 1.56 bits per heavy atom. The van der Waals surface area contributed by atoms with Gasteiger partial charge in [0.2, 0.25) is 0 Å². The second-order valence-corrected chi connectivity index (χ2v) is 6.12. The summed E-state index contributed by atoms with van der Waals surface area (Å²) in [6.45, 7) is 6.67. The normalized spacial score (nSPS) is 12.4. The fourth-order valence-corrected chi connectivity index (χ4v) is 2.83. The predicted octanol–water partition coefficient (Wildman–Crippen LogP) is 5.20. The number of rotatable bonds is 0. The zero-order chi connectivity index (χ0) is 12.9. The largest absolute Gasteiger partial charge is 0.335 e. The van der Waals surface area contributed by atoms with Crippen molar-refractivity contribution in [2.75, 3.05) is 0 Å². The maximum atomic E-state index is 6.15. The highest BCUT2D eigenvalue weighted by Crippen LogP contribution is 2.34. The predicted molar refractivity (Wildman–Crippen MR) is 79.5 cm³/mol. The molecule has 0 atom stereocenters. The summed E-state index contributed by atoms with van der Waals surface area (Å²) in [5.74, 6) is 0. The van der Waals surface area contributed by atoms with E-state index in [1.54, 1.807) is 0 Å². The molecule has 3 aromatic rings. The molecule has 0 spiro atoms. The van der Waals surface area contributed by atoms with E-state index in [9.17, 15) is 0 Å². The van der Waals surface area contributed by atoms with E-state index < -0.39 is 0 Å². The SMILES string of the molecule is CC(C)(C)n1c2ccccc2c2ccc(Cl)cc21. The Morgan fingerprint density at radius 3 is 2.28 bits per heavy atom. The molecule has 2 aromatic carbocycles. The van der Waals surface area contributed by atoms with Crippen molar-refractivity contribution in [3.63, 3.8) is 0 Å². The van der Waals surface area contributed by atoms with Crippen LogP contribution in [0.15, 0.2) is 42.5 Å². The van der Waals surface area contributed by atoms with Crippen LogP contribution in [-0.4, -0.2) is 4.57 Å². The number of aromatic nitrogens is 1. The minimum atomic E-state index is 0.0338. The lowest BCUT2D eigenvalue weighted by atomic mass is 10.1. The Bertz CT molecular complexity index is 732. The van der Waals surface area contributed by atoms with Gasteiger partial charge in [0.1, 0.15) is 0 Å². The third-order valence-electron chi connectivity index (χ3n) is 3.31.